The average molecular weight is 346 g/mol. The van der Waals surface area contributed by atoms with Crippen molar-refractivity contribution in [2.75, 3.05) is 31.7 Å². The van der Waals surface area contributed by atoms with Crippen LogP contribution in [0.1, 0.15) is 12.8 Å². The molecule has 1 aromatic rings. The summed E-state index contributed by atoms with van der Waals surface area (Å²) in [5.41, 5.74) is -0.0569. The predicted molar refractivity (Wildman–Crippen MR) is 76.9 cm³/mol. The van der Waals surface area contributed by atoms with Gasteiger partial charge in [-0.3, -0.25) is 10.1 Å². The van der Waals surface area contributed by atoms with Gasteiger partial charge in [0, 0.05) is 29.9 Å². The van der Waals surface area contributed by atoms with Gasteiger partial charge in [0.25, 0.3) is 0 Å². The van der Waals surface area contributed by atoms with E-state index in [1.54, 1.807) is 0 Å². The fraction of sp³-hybridized carbons (Fsp3) is 0.583. The van der Waals surface area contributed by atoms with Crippen molar-refractivity contribution >= 4 is 27.4 Å². The summed E-state index contributed by atoms with van der Waals surface area (Å²) >= 11 is 3.16. The summed E-state index contributed by atoms with van der Waals surface area (Å²) in [6.07, 6.45) is 3.83. The minimum atomic E-state index is -0.465. The molecule has 2 rings (SSSR count). The van der Waals surface area contributed by atoms with Gasteiger partial charge in [-0.2, -0.15) is 0 Å². The molecule has 0 saturated carbocycles. The van der Waals surface area contributed by atoms with Crippen molar-refractivity contribution in [2.24, 2.45) is 0 Å². The molecule has 0 bridgehead atoms. The Labute approximate surface area is 124 Å². The van der Waals surface area contributed by atoms with E-state index in [1.165, 1.54) is 12.3 Å². The molecule has 0 radical (unpaired) electrons. The first kappa shape index (κ1) is 15.1. The van der Waals surface area contributed by atoms with Crippen molar-refractivity contribution in [1.29, 1.82) is 0 Å². The number of nitrogens with one attached hydrogen (secondary N) is 1. The van der Waals surface area contributed by atoms with Gasteiger partial charge >= 0.3 is 5.69 Å². The van der Waals surface area contributed by atoms with Gasteiger partial charge in [0.15, 0.2) is 0 Å². The first-order chi connectivity index (χ1) is 9.66. The van der Waals surface area contributed by atoms with E-state index in [9.17, 15) is 10.1 Å². The topological polar surface area (TPSA) is 86.5 Å². The number of ether oxygens (including phenoxy) is 2. The van der Waals surface area contributed by atoms with Crippen LogP contribution >= 0.6 is 15.9 Å². The zero-order valence-electron chi connectivity index (χ0n) is 10.9. The molecule has 1 aliphatic rings. The number of hydrogen-bond acceptors (Lipinski definition) is 6. The second-order valence-electron chi connectivity index (χ2n) is 4.42. The van der Waals surface area contributed by atoms with E-state index in [0.717, 1.165) is 19.4 Å². The van der Waals surface area contributed by atoms with Crippen LogP contribution in [-0.2, 0) is 9.47 Å². The standard InChI is InChI=1S/C12H16BrN3O4/c13-9-6-11(16(17)18)12(15-7-9)14-3-5-19-8-10-2-1-4-20-10/h6-7,10H,1-5,8H2,(H,14,15)/t10-/m0/s1. The smallest absolute Gasteiger partial charge is 0.312 e. The fourth-order valence-corrected chi connectivity index (χ4v) is 2.26. The summed E-state index contributed by atoms with van der Waals surface area (Å²) in [6, 6.07) is 1.42. The number of anilines is 1. The predicted octanol–water partition coefficient (Wildman–Crippen LogP) is 2.36. The number of pyridine rings is 1. The highest BCUT2D eigenvalue weighted by Gasteiger charge is 2.16. The molecule has 1 aliphatic heterocycles. The van der Waals surface area contributed by atoms with Crippen molar-refractivity contribution in [2.45, 2.75) is 18.9 Å². The summed E-state index contributed by atoms with van der Waals surface area (Å²) in [5.74, 6) is 0.249. The lowest BCUT2D eigenvalue weighted by Gasteiger charge is -2.10. The first-order valence-electron chi connectivity index (χ1n) is 6.40. The molecular formula is C12H16BrN3O4. The maximum atomic E-state index is 10.9. The molecule has 0 aliphatic carbocycles. The van der Waals surface area contributed by atoms with Gasteiger partial charge in [-0.15, -0.1) is 0 Å². The second kappa shape index (κ2) is 7.51. The number of nitrogens with zero attached hydrogens (tertiary/aromatic N) is 2. The Bertz CT molecular complexity index is 466. The molecule has 8 heteroatoms. The molecule has 2 heterocycles. The molecule has 7 nitrogen and oxygen atoms in total. The van der Waals surface area contributed by atoms with Crippen LogP contribution in [0.25, 0.3) is 0 Å². The Hall–Kier alpha value is -1.25. The van der Waals surface area contributed by atoms with E-state index in [1.807, 2.05) is 0 Å². The highest BCUT2D eigenvalue weighted by atomic mass is 79.9. The Morgan fingerprint density at radius 2 is 2.50 bits per heavy atom. The molecule has 110 valence electrons. The van der Waals surface area contributed by atoms with Crippen LogP contribution < -0.4 is 5.32 Å². The summed E-state index contributed by atoms with van der Waals surface area (Å²) in [6.45, 7) is 2.29. The van der Waals surface area contributed by atoms with E-state index in [4.69, 9.17) is 9.47 Å². The number of nitro groups is 1. The normalized spacial score (nSPS) is 18.1. The maximum absolute atomic E-state index is 10.9. The average Bonchev–Trinajstić information content (AvgIpc) is 2.92. The largest absolute Gasteiger partial charge is 0.377 e. The molecule has 1 atom stereocenters. The van der Waals surface area contributed by atoms with Gasteiger partial charge in [-0.25, -0.2) is 4.98 Å². The molecule has 0 spiro atoms. The summed E-state index contributed by atoms with van der Waals surface area (Å²) in [5, 5.41) is 13.8. The van der Waals surface area contributed by atoms with Crippen LogP contribution in [0.4, 0.5) is 11.5 Å². The Balaban J connectivity index is 1.74. The first-order valence-corrected chi connectivity index (χ1v) is 7.19. The lowest BCUT2D eigenvalue weighted by atomic mass is 10.2. The fourth-order valence-electron chi connectivity index (χ4n) is 1.94. The molecule has 1 aromatic heterocycles. The highest BCUT2D eigenvalue weighted by molar-refractivity contribution is 9.10. The van der Waals surface area contributed by atoms with Crippen molar-refractivity contribution in [1.82, 2.24) is 4.98 Å². The van der Waals surface area contributed by atoms with E-state index in [2.05, 4.69) is 26.2 Å². The van der Waals surface area contributed by atoms with Crippen LogP contribution in [0, 0.1) is 10.1 Å². The summed E-state index contributed by atoms with van der Waals surface area (Å²) in [4.78, 5) is 14.4. The number of aromatic nitrogens is 1. The lowest BCUT2D eigenvalue weighted by Crippen LogP contribution is -2.18. The van der Waals surface area contributed by atoms with Crippen molar-refractivity contribution in [3.05, 3.63) is 26.9 Å². The van der Waals surface area contributed by atoms with Crippen LogP contribution in [0.2, 0.25) is 0 Å². The van der Waals surface area contributed by atoms with Gasteiger partial charge in [0.1, 0.15) is 0 Å². The second-order valence-corrected chi connectivity index (χ2v) is 5.33. The van der Waals surface area contributed by atoms with Crippen molar-refractivity contribution < 1.29 is 14.4 Å². The van der Waals surface area contributed by atoms with E-state index in [-0.39, 0.29) is 17.6 Å². The maximum Gasteiger partial charge on any atom is 0.312 e. The molecule has 20 heavy (non-hydrogen) atoms. The number of rotatable bonds is 7. The molecule has 1 saturated heterocycles. The van der Waals surface area contributed by atoms with Crippen molar-refractivity contribution in [3.8, 4) is 0 Å². The lowest BCUT2D eigenvalue weighted by molar-refractivity contribution is -0.384. The number of hydrogen-bond donors (Lipinski definition) is 1. The van der Waals surface area contributed by atoms with E-state index in [0.29, 0.717) is 24.2 Å². The van der Waals surface area contributed by atoms with Gasteiger partial charge in [0.2, 0.25) is 5.82 Å². The third-order valence-electron chi connectivity index (χ3n) is 2.90. The molecule has 0 aromatic carbocycles. The Morgan fingerprint density at radius 3 is 3.20 bits per heavy atom. The molecule has 0 amide bonds. The van der Waals surface area contributed by atoms with Gasteiger partial charge in [0.05, 0.1) is 24.2 Å². The number of halogens is 1. The Kier molecular flexibility index (Phi) is 5.69. The van der Waals surface area contributed by atoms with E-state index >= 15 is 0 Å². The SMILES string of the molecule is O=[N+]([O-])c1cc(Br)cnc1NCCOC[C@@H]1CCCO1. The minimum absolute atomic E-state index is 0.0569. The van der Waals surface area contributed by atoms with Crippen LogP contribution in [0.3, 0.4) is 0 Å². The van der Waals surface area contributed by atoms with Gasteiger partial charge < -0.3 is 14.8 Å². The van der Waals surface area contributed by atoms with Gasteiger partial charge in [-0.1, -0.05) is 0 Å². The Morgan fingerprint density at radius 1 is 1.65 bits per heavy atom. The van der Waals surface area contributed by atoms with Crippen molar-refractivity contribution in [3.63, 3.8) is 0 Å². The van der Waals surface area contributed by atoms with Crippen LogP contribution in [-0.4, -0.2) is 42.4 Å². The zero-order chi connectivity index (χ0) is 14.4. The molecule has 1 fully saturated rings. The van der Waals surface area contributed by atoms with Crippen LogP contribution in [0.15, 0.2) is 16.7 Å². The van der Waals surface area contributed by atoms with E-state index < -0.39 is 4.92 Å². The van der Waals surface area contributed by atoms with Crippen LogP contribution in [0.5, 0.6) is 0 Å². The quantitative estimate of drug-likeness (QED) is 0.463. The van der Waals surface area contributed by atoms with Gasteiger partial charge in [-0.05, 0) is 28.8 Å². The molecule has 1 N–H and O–H groups in total. The minimum Gasteiger partial charge on any atom is -0.377 e. The molecular weight excluding hydrogens is 330 g/mol. The third kappa shape index (κ3) is 4.39. The molecule has 0 unspecified atom stereocenters. The third-order valence-corrected chi connectivity index (χ3v) is 3.33. The summed E-state index contributed by atoms with van der Waals surface area (Å²) < 4.78 is 11.5. The summed E-state index contributed by atoms with van der Waals surface area (Å²) in [7, 11) is 0. The monoisotopic (exact) mass is 345 g/mol. The highest BCUT2D eigenvalue weighted by Crippen LogP contribution is 2.24. The zero-order valence-corrected chi connectivity index (χ0v) is 12.5.